The largest absolute Gasteiger partial charge is 0.493 e. The third-order valence-corrected chi connectivity index (χ3v) is 4.84. The summed E-state index contributed by atoms with van der Waals surface area (Å²) in [6.45, 7) is 17.9. The average molecular weight is 363 g/mol. The first-order chi connectivity index (χ1) is 12.0. The third-order valence-electron chi connectivity index (χ3n) is 4.84. The van der Waals surface area contributed by atoms with Crippen molar-refractivity contribution in [3.8, 4) is 0 Å². The van der Waals surface area contributed by atoms with Crippen LogP contribution in [0.15, 0.2) is 17.9 Å². The number of hydrogen-bond donors (Lipinski definition) is 0. The molecular weight excluding hydrogens is 327 g/mol. The molecule has 0 unspecified atom stereocenters. The van der Waals surface area contributed by atoms with Gasteiger partial charge in [-0.25, -0.2) is 4.39 Å². The monoisotopic (exact) mass is 362 g/mol. The Morgan fingerprint density at radius 1 is 1.00 bits per heavy atom. The summed E-state index contributed by atoms with van der Waals surface area (Å²) >= 11 is 0. The van der Waals surface area contributed by atoms with E-state index in [4.69, 9.17) is 4.74 Å². The van der Waals surface area contributed by atoms with Crippen molar-refractivity contribution in [3.05, 3.63) is 46.0 Å². The Hall–Kier alpha value is -1.64. The number of benzene rings is 1. The van der Waals surface area contributed by atoms with Gasteiger partial charge < -0.3 is 4.74 Å². The fraction of sp³-hybridized carbons (Fsp3) is 0.609. The zero-order valence-corrected chi connectivity index (χ0v) is 17.9. The molecule has 0 radical (unpaired) electrons. The third kappa shape index (κ3) is 4.96. The SMILES string of the molecule is CCC(=O)/C(C)=C/O[C@@H](C)c1c(C(C)C)cc(C(C)C)c(F)c1C(C)C. The van der Waals surface area contributed by atoms with Crippen LogP contribution < -0.4 is 0 Å². The van der Waals surface area contributed by atoms with Gasteiger partial charge in [-0.2, -0.15) is 0 Å². The first kappa shape index (κ1) is 22.4. The Kier molecular flexibility index (Phi) is 8.05. The highest BCUT2D eigenvalue weighted by Crippen LogP contribution is 2.39. The van der Waals surface area contributed by atoms with E-state index in [0.29, 0.717) is 12.0 Å². The van der Waals surface area contributed by atoms with Crippen molar-refractivity contribution in [3.63, 3.8) is 0 Å². The zero-order chi connectivity index (χ0) is 20.2. The maximum Gasteiger partial charge on any atom is 0.161 e. The molecule has 1 atom stereocenters. The predicted molar refractivity (Wildman–Crippen MR) is 107 cm³/mol. The summed E-state index contributed by atoms with van der Waals surface area (Å²) < 4.78 is 21.2. The van der Waals surface area contributed by atoms with E-state index in [9.17, 15) is 4.79 Å². The number of allylic oxidation sites excluding steroid dienone is 1. The molecular formula is C23H35FO2. The molecule has 1 aromatic rings. The highest BCUT2D eigenvalue weighted by Gasteiger charge is 2.26. The van der Waals surface area contributed by atoms with Gasteiger partial charge in [-0.1, -0.05) is 54.5 Å². The van der Waals surface area contributed by atoms with Crippen molar-refractivity contribution in [1.29, 1.82) is 0 Å². The standard InChI is InChI=1S/C23H35FO2/c1-10-20(25)16(8)12-26-17(9)22-18(13(2)3)11-19(14(4)5)23(24)21(22)15(6)7/h11-15,17H,10H2,1-9H3/b16-12+/t17-/m0/s1. The molecule has 3 heteroatoms. The van der Waals surface area contributed by atoms with E-state index in [0.717, 1.165) is 22.3 Å². The lowest BCUT2D eigenvalue weighted by atomic mass is 9.82. The number of rotatable bonds is 8. The fourth-order valence-corrected chi connectivity index (χ4v) is 3.27. The Bertz CT molecular complexity index is 669. The van der Waals surface area contributed by atoms with Crippen LogP contribution in [-0.4, -0.2) is 5.78 Å². The van der Waals surface area contributed by atoms with Gasteiger partial charge in [-0.3, -0.25) is 4.79 Å². The van der Waals surface area contributed by atoms with Crippen LogP contribution in [-0.2, 0) is 9.53 Å². The predicted octanol–water partition coefficient (Wildman–Crippen LogP) is 7.16. The molecule has 0 aliphatic heterocycles. The quantitative estimate of drug-likeness (QED) is 0.362. The van der Waals surface area contributed by atoms with Gasteiger partial charge in [0.15, 0.2) is 5.78 Å². The Morgan fingerprint density at radius 2 is 1.54 bits per heavy atom. The van der Waals surface area contributed by atoms with E-state index in [1.54, 1.807) is 6.92 Å². The molecule has 0 N–H and O–H groups in total. The molecule has 0 aliphatic carbocycles. The lowest BCUT2D eigenvalue weighted by Crippen LogP contribution is -2.14. The highest BCUT2D eigenvalue weighted by atomic mass is 19.1. The van der Waals surface area contributed by atoms with Crippen LogP contribution in [0, 0.1) is 5.82 Å². The fourth-order valence-electron chi connectivity index (χ4n) is 3.27. The first-order valence-electron chi connectivity index (χ1n) is 9.74. The van der Waals surface area contributed by atoms with E-state index in [-0.39, 0.29) is 35.5 Å². The second kappa shape index (κ2) is 9.34. The minimum Gasteiger partial charge on any atom is -0.493 e. The van der Waals surface area contributed by atoms with Crippen LogP contribution in [0.25, 0.3) is 0 Å². The van der Waals surface area contributed by atoms with Gasteiger partial charge in [0.2, 0.25) is 0 Å². The number of ketones is 1. The molecule has 0 heterocycles. The minimum absolute atomic E-state index is 0.0506. The second-order valence-corrected chi connectivity index (χ2v) is 8.02. The number of carbonyl (C=O) groups is 1. The Balaban J connectivity index is 3.52. The highest BCUT2D eigenvalue weighted by molar-refractivity contribution is 5.94. The molecule has 0 saturated heterocycles. The lowest BCUT2D eigenvalue weighted by molar-refractivity contribution is -0.115. The summed E-state index contributed by atoms with van der Waals surface area (Å²) in [4.78, 5) is 11.8. The van der Waals surface area contributed by atoms with Crippen molar-refractivity contribution in [2.45, 2.75) is 92.6 Å². The summed E-state index contributed by atoms with van der Waals surface area (Å²) in [5.41, 5.74) is 4.14. The van der Waals surface area contributed by atoms with Crippen molar-refractivity contribution in [2.75, 3.05) is 0 Å². The maximum atomic E-state index is 15.3. The number of hydrogen-bond acceptors (Lipinski definition) is 2. The molecule has 0 spiro atoms. The van der Waals surface area contributed by atoms with Gasteiger partial charge in [0, 0.05) is 17.6 Å². The Labute approximate surface area is 158 Å². The molecule has 1 aromatic carbocycles. The number of Topliss-reactive ketones (excluding diaryl/α,β-unsaturated/α-hetero) is 1. The lowest BCUT2D eigenvalue weighted by Gasteiger charge is -2.27. The van der Waals surface area contributed by atoms with E-state index in [1.807, 2.05) is 47.6 Å². The maximum absolute atomic E-state index is 15.3. The van der Waals surface area contributed by atoms with Gasteiger partial charge in [0.1, 0.15) is 11.9 Å². The van der Waals surface area contributed by atoms with Crippen LogP contribution in [0.5, 0.6) is 0 Å². The van der Waals surface area contributed by atoms with E-state index < -0.39 is 0 Å². The van der Waals surface area contributed by atoms with Crippen LogP contribution in [0.1, 0.15) is 115 Å². The zero-order valence-electron chi connectivity index (χ0n) is 17.9. The van der Waals surface area contributed by atoms with E-state index in [1.165, 1.54) is 6.26 Å². The molecule has 2 nitrogen and oxygen atoms in total. The first-order valence-corrected chi connectivity index (χ1v) is 9.74. The van der Waals surface area contributed by atoms with Crippen LogP contribution in [0.2, 0.25) is 0 Å². The molecule has 0 fully saturated rings. The number of halogens is 1. The number of ether oxygens (including phenoxy) is 1. The summed E-state index contributed by atoms with van der Waals surface area (Å²) in [5, 5.41) is 0. The van der Waals surface area contributed by atoms with Crippen molar-refractivity contribution in [1.82, 2.24) is 0 Å². The number of carbonyl (C=O) groups excluding carboxylic acids is 1. The summed E-state index contributed by atoms with van der Waals surface area (Å²) in [6.07, 6.45) is 1.66. The van der Waals surface area contributed by atoms with Gasteiger partial charge in [-0.15, -0.1) is 0 Å². The second-order valence-electron chi connectivity index (χ2n) is 8.02. The van der Waals surface area contributed by atoms with Crippen molar-refractivity contribution >= 4 is 5.78 Å². The van der Waals surface area contributed by atoms with Crippen molar-refractivity contribution < 1.29 is 13.9 Å². The van der Waals surface area contributed by atoms with Crippen LogP contribution in [0.3, 0.4) is 0 Å². The van der Waals surface area contributed by atoms with Crippen molar-refractivity contribution in [2.24, 2.45) is 0 Å². The molecule has 26 heavy (non-hydrogen) atoms. The molecule has 1 rings (SSSR count). The minimum atomic E-state index is -0.319. The van der Waals surface area contributed by atoms with E-state index >= 15 is 4.39 Å². The van der Waals surface area contributed by atoms with Gasteiger partial charge >= 0.3 is 0 Å². The summed E-state index contributed by atoms with van der Waals surface area (Å²) in [7, 11) is 0. The molecule has 146 valence electrons. The van der Waals surface area contributed by atoms with Crippen LogP contribution in [0.4, 0.5) is 4.39 Å². The molecule has 0 saturated carbocycles. The molecule has 0 aromatic heterocycles. The van der Waals surface area contributed by atoms with Gasteiger partial charge in [0.05, 0.1) is 6.26 Å². The molecule has 0 aliphatic rings. The molecule has 0 amide bonds. The van der Waals surface area contributed by atoms with Gasteiger partial charge in [-0.05, 0) is 48.3 Å². The molecule has 0 bridgehead atoms. The normalized spacial score (nSPS) is 13.7. The smallest absolute Gasteiger partial charge is 0.161 e. The van der Waals surface area contributed by atoms with Gasteiger partial charge in [0.25, 0.3) is 0 Å². The average Bonchev–Trinajstić information content (AvgIpc) is 2.56. The van der Waals surface area contributed by atoms with E-state index in [2.05, 4.69) is 13.8 Å². The topological polar surface area (TPSA) is 26.3 Å². The Morgan fingerprint density at radius 3 is 1.96 bits per heavy atom. The van der Waals surface area contributed by atoms with Crippen LogP contribution >= 0.6 is 0 Å². The summed E-state index contributed by atoms with van der Waals surface area (Å²) in [6, 6.07) is 2.00. The summed E-state index contributed by atoms with van der Waals surface area (Å²) in [5.74, 6) is 0.380.